The van der Waals surface area contributed by atoms with Gasteiger partial charge in [0.2, 0.25) is 0 Å². The van der Waals surface area contributed by atoms with E-state index in [9.17, 15) is 13.5 Å². The molecule has 0 spiro atoms. The molecule has 8 heteroatoms. The number of aliphatic hydroxyl groups excluding tert-OH is 1. The zero-order valence-corrected chi connectivity index (χ0v) is 13.4. The molecule has 1 saturated carbocycles. The van der Waals surface area contributed by atoms with Gasteiger partial charge < -0.3 is 16.2 Å². The molecule has 2 atom stereocenters. The Morgan fingerprint density at radius 1 is 1.38 bits per heavy atom. The molecule has 0 radical (unpaired) electrons. The van der Waals surface area contributed by atoms with Gasteiger partial charge in [-0.1, -0.05) is 19.3 Å². The van der Waals surface area contributed by atoms with E-state index in [-0.39, 0.29) is 22.6 Å². The molecule has 1 fully saturated rings. The summed E-state index contributed by atoms with van der Waals surface area (Å²) in [5.74, 6) is 0.383. The predicted molar refractivity (Wildman–Crippen MR) is 82.0 cm³/mol. The van der Waals surface area contributed by atoms with Crippen LogP contribution in [0.3, 0.4) is 0 Å². The Balaban J connectivity index is 2.49. The molecule has 0 bridgehead atoms. The van der Waals surface area contributed by atoms with Gasteiger partial charge in [0.05, 0.1) is 12.1 Å². The maximum Gasteiger partial charge on any atom is 0.182 e. The summed E-state index contributed by atoms with van der Waals surface area (Å²) >= 11 is 0. The normalized spacial score (nSPS) is 23.8. The van der Waals surface area contributed by atoms with E-state index < -0.39 is 15.9 Å². The first kappa shape index (κ1) is 16.1. The third kappa shape index (κ3) is 3.32. The van der Waals surface area contributed by atoms with E-state index in [1.165, 1.54) is 4.68 Å². The summed E-state index contributed by atoms with van der Waals surface area (Å²) in [6, 6.07) is -0.264. The van der Waals surface area contributed by atoms with Crippen molar-refractivity contribution in [2.24, 2.45) is 0 Å². The number of nitrogens with zero attached hydrogens (tertiary/aromatic N) is 2. The first-order chi connectivity index (χ1) is 9.86. The van der Waals surface area contributed by atoms with Crippen molar-refractivity contribution < 1.29 is 13.5 Å². The molecule has 0 amide bonds. The largest absolute Gasteiger partial charge is 0.391 e. The van der Waals surface area contributed by atoms with Crippen LogP contribution < -0.4 is 11.1 Å². The summed E-state index contributed by atoms with van der Waals surface area (Å²) < 4.78 is 25.4. The number of nitrogens with one attached hydrogen (secondary N) is 1. The van der Waals surface area contributed by atoms with Crippen molar-refractivity contribution in [1.82, 2.24) is 9.78 Å². The minimum Gasteiger partial charge on any atom is -0.391 e. The van der Waals surface area contributed by atoms with Crippen LogP contribution in [0.25, 0.3) is 0 Å². The van der Waals surface area contributed by atoms with E-state index >= 15 is 0 Å². The summed E-state index contributed by atoms with van der Waals surface area (Å²) in [6.07, 6.45) is 5.03. The van der Waals surface area contributed by atoms with Crippen LogP contribution in [0.1, 0.15) is 45.1 Å². The van der Waals surface area contributed by atoms with Gasteiger partial charge in [-0.05, 0) is 19.8 Å². The third-order valence-corrected chi connectivity index (χ3v) is 5.02. The van der Waals surface area contributed by atoms with E-state index in [2.05, 4.69) is 10.4 Å². The fourth-order valence-electron chi connectivity index (χ4n) is 2.89. The Labute approximate surface area is 125 Å². The molecule has 1 aliphatic carbocycles. The monoisotopic (exact) mass is 316 g/mol. The molecular weight excluding hydrogens is 292 g/mol. The van der Waals surface area contributed by atoms with Gasteiger partial charge in [-0.15, -0.1) is 0 Å². The highest BCUT2D eigenvalue weighted by atomic mass is 32.2. The Bertz CT molecular complexity index is 597. The molecule has 1 heterocycles. The lowest BCUT2D eigenvalue weighted by molar-refractivity contribution is 0.100. The van der Waals surface area contributed by atoms with Crippen molar-refractivity contribution in [3.63, 3.8) is 0 Å². The molecular formula is C13H24N4O3S. The minimum atomic E-state index is -3.48. The van der Waals surface area contributed by atoms with Crippen molar-refractivity contribution in [3.8, 4) is 0 Å². The van der Waals surface area contributed by atoms with Crippen molar-refractivity contribution in [3.05, 3.63) is 0 Å². The van der Waals surface area contributed by atoms with E-state index in [0.29, 0.717) is 13.0 Å². The van der Waals surface area contributed by atoms with Gasteiger partial charge >= 0.3 is 0 Å². The predicted octanol–water partition coefficient (Wildman–Crippen LogP) is 1.17. The number of hydrogen-bond donors (Lipinski definition) is 3. The molecule has 1 aliphatic rings. The zero-order valence-electron chi connectivity index (χ0n) is 12.5. The van der Waals surface area contributed by atoms with Crippen molar-refractivity contribution >= 4 is 21.5 Å². The molecule has 4 N–H and O–H groups in total. The van der Waals surface area contributed by atoms with Crippen LogP contribution in [0.2, 0.25) is 0 Å². The van der Waals surface area contributed by atoms with Crippen LogP contribution in [-0.4, -0.2) is 42.2 Å². The molecule has 0 saturated heterocycles. The maximum atomic E-state index is 12.0. The second-order valence-electron chi connectivity index (χ2n) is 5.58. The average molecular weight is 316 g/mol. The van der Waals surface area contributed by atoms with Crippen molar-refractivity contribution in [1.29, 1.82) is 0 Å². The number of anilines is 2. The summed E-state index contributed by atoms with van der Waals surface area (Å²) in [5.41, 5.74) is 6.03. The van der Waals surface area contributed by atoms with Gasteiger partial charge in [-0.2, -0.15) is 5.10 Å². The quantitative estimate of drug-likeness (QED) is 0.719. The smallest absolute Gasteiger partial charge is 0.182 e. The SMILES string of the molecule is CCNc1nn(C2CCCCCC2O)c(N)c1S(C)(=O)=O. The van der Waals surface area contributed by atoms with Crippen LogP contribution >= 0.6 is 0 Å². The average Bonchev–Trinajstić information content (AvgIpc) is 2.56. The van der Waals surface area contributed by atoms with Gasteiger partial charge in [0, 0.05) is 12.8 Å². The number of nitrogen functional groups attached to an aromatic ring is 1. The van der Waals surface area contributed by atoms with Gasteiger partial charge in [-0.3, -0.25) is 0 Å². The molecule has 0 aliphatic heterocycles. The van der Waals surface area contributed by atoms with Crippen LogP contribution in [0.5, 0.6) is 0 Å². The van der Waals surface area contributed by atoms with Crippen LogP contribution in [0.15, 0.2) is 4.90 Å². The molecule has 2 unspecified atom stereocenters. The zero-order chi connectivity index (χ0) is 15.6. The van der Waals surface area contributed by atoms with Crippen LogP contribution in [-0.2, 0) is 9.84 Å². The van der Waals surface area contributed by atoms with Crippen molar-refractivity contribution in [2.45, 2.75) is 56.1 Å². The Hall–Kier alpha value is -1.28. The van der Waals surface area contributed by atoms with Gasteiger partial charge in [0.25, 0.3) is 0 Å². The highest BCUT2D eigenvalue weighted by molar-refractivity contribution is 7.91. The van der Waals surface area contributed by atoms with E-state index in [1.54, 1.807) is 0 Å². The van der Waals surface area contributed by atoms with Crippen molar-refractivity contribution in [2.75, 3.05) is 23.9 Å². The number of nitrogens with two attached hydrogens (primary N) is 1. The number of aromatic nitrogens is 2. The molecule has 7 nitrogen and oxygen atoms in total. The topological polar surface area (TPSA) is 110 Å². The number of rotatable bonds is 4. The minimum absolute atomic E-state index is 0.0285. The highest BCUT2D eigenvalue weighted by Crippen LogP contribution is 2.34. The molecule has 1 aromatic heterocycles. The lowest BCUT2D eigenvalue weighted by Gasteiger charge is -2.21. The molecule has 21 heavy (non-hydrogen) atoms. The maximum absolute atomic E-state index is 12.0. The lowest BCUT2D eigenvalue weighted by Crippen LogP contribution is -2.25. The molecule has 1 aromatic rings. The molecule has 2 rings (SSSR count). The number of hydrogen-bond acceptors (Lipinski definition) is 6. The van der Waals surface area contributed by atoms with Gasteiger partial charge in [-0.25, -0.2) is 13.1 Å². The Morgan fingerprint density at radius 3 is 2.67 bits per heavy atom. The van der Waals surface area contributed by atoms with Crippen LogP contribution in [0.4, 0.5) is 11.6 Å². The standard InChI is InChI=1S/C13H24N4O3S/c1-3-15-13-11(21(2,19)20)12(14)17(16-13)9-7-5-4-6-8-10(9)18/h9-10,18H,3-8,14H2,1-2H3,(H,15,16). The fourth-order valence-corrected chi connectivity index (χ4v) is 3.83. The van der Waals surface area contributed by atoms with Gasteiger partial charge in [0.15, 0.2) is 20.6 Å². The summed E-state index contributed by atoms with van der Waals surface area (Å²) in [6.45, 7) is 2.41. The Morgan fingerprint density at radius 2 is 2.05 bits per heavy atom. The summed E-state index contributed by atoms with van der Waals surface area (Å²) in [5, 5.41) is 17.5. The number of sulfone groups is 1. The third-order valence-electron chi connectivity index (χ3n) is 3.88. The Kier molecular flexibility index (Phi) is 4.77. The fraction of sp³-hybridized carbons (Fsp3) is 0.769. The lowest BCUT2D eigenvalue weighted by atomic mass is 10.1. The number of aliphatic hydroxyl groups is 1. The summed E-state index contributed by atoms with van der Waals surface area (Å²) in [4.78, 5) is 0.0285. The second-order valence-corrected chi connectivity index (χ2v) is 7.54. The summed E-state index contributed by atoms with van der Waals surface area (Å²) in [7, 11) is -3.48. The van der Waals surface area contributed by atoms with Gasteiger partial charge in [0.1, 0.15) is 5.82 Å². The van der Waals surface area contributed by atoms with E-state index in [4.69, 9.17) is 5.73 Å². The van der Waals surface area contributed by atoms with E-state index in [0.717, 1.165) is 31.9 Å². The molecule has 120 valence electrons. The first-order valence-electron chi connectivity index (χ1n) is 7.36. The van der Waals surface area contributed by atoms with E-state index in [1.807, 2.05) is 6.92 Å². The second kappa shape index (κ2) is 6.23. The van der Waals surface area contributed by atoms with Crippen LogP contribution in [0, 0.1) is 0 Å². The molecule has 0 aromatic carbocycles. The highest BCUT2D eigenvalue weighted by Gasteiger charge is 2.31. The first-order valence-corrected chi connectivity index (χ1v) is 9.25.